The molecule has 2 aromatic rings. The number of thioether (sulfide) groups is 1. The van der Waals surface area contributed by atoms with Crippen molar-refractivity contribution in [2.75, 3.05) is 11.5 Å². The van der Waals surface area contributed by atoms with E-state index in [0.29, 0.717) is 16.2 Å². The molecule has 0 saturated heterocycles. The van der Waals surface area contributed by atoms with Crippen molar-refractivity contribution in [3.05, 3.63) is 52.6 Å². The predicted molar refractivity (Wildman–Crippen MR) is 84.3 cm³/mol. The van der Waals surface area contributed by atoms with Gasteiger partial charge in [0.05, 0.1) is 16.9 Å². The number of nitrogens with two attached hydrogens (primary N) is 1. The van der Waals surface area contributed by atoms with Gasteiger partial charge in [-0.15, -0.1) is 0 Å². The first-order valence-electron chi connectivity index (χ1n) is 6.39. The highest BCUT2D eigenvalue weighted by molar-refractivity contribution is 8.00. The van der Waals surface area contributed by atoms with Gasteiger partial charge in [-0.2, -0.15) is 10.5 Å². The number of nitrogen functional groups attached to an aromatic ring is 1. The Balaban J connectivity index is 2.26. The maximum absolute atomic E-state index is 12.1. The number of anilines is 1. The molecule has 0 aliphatic rings. The summed E-state index contributed by atoms with van der Waals surface area (Å²) in [5, 5.41) is 18.7. The van der Waals surface area contributed by atoms with E-state index in [0.717, 1.165) is 11.8 Å². The van der Waals surface area contributed by atoms with Crippen LogP contribution in [0, 0.1) is 29.6 Å². The second-order valence-electron chi connectivity index (χ2n) is 4.48. The van der Waals surface area contributed by atoms with Crippen LogP contribution in [0.3, 0.4) is 0 Å². The third kappa shape index (κ3) is 3.08. The van der Waals surface area contributed by atoms with Gasteiger partial charge < -0.3 is 5.73 Å². The molecule has 0 unspecified atom stereocenters. The van der Waals surface area contributed by atoms with Gasteiger partial charge in [-0.05, 0) is 12.5 Å². The summed E-state index contributed by atoms with van der Waals surface area (Å²) >= 11 is 1.15. The maximum atomic E-state index is 12.1. The van der Waals surface area contributed by atoms with E-state index < -0.39 is 0 Å². The van der Waals surface area contributed by atoms with E-state index in [1.165, 1.54) is 0 Å². The van der Waals surface area contributed by atoms with Crippen molar-refractivity contribution >= 4 is 23.4 Å². The standard InChI is InChI=1S/C16H12N4OS/c1-10-12(7-17)15(19)20-16(13(10)8-18)22-9-14(21)11-5-3-2-4-6-11/h2-6H,9H2,1H3,(H2,19,20). The number of benzene rings is 1. The molecule has 0 radical (unpaired) electrons. The Kier molecular flexibility index (Phi) is 4.77. The zero-order valence-electron chi connectivity index (χ0n) is 11.8. The number of ketones is 1. The highest BCUT2D eigenvalue weighted by atomic mass is 32.2. The number of aromatic nitrogens is 1. The van der Waals surface area contributed by atoms with Crippen LogP contribution in [0.4, 0.5) is 5.82 Å². The Hall–Kier alpha value is -2.83. The van der Waals surface area contributed by atoms with Gasteiger partial charge in [-0.3, -0.25) is 4.79 Å². The number of carbonyl (C=O) groups is 1. The molecule has 5 nitrogen and oxygen atoms in total. The fourth-order valence-electron chi connectivity index (χ4n) is 1.92. The predicted octanol–water partition coefficient (Wildman–Crippen LogP) is 2.69. The molecule has 0 spiro atoms. The minimum absolute atomic E-state index is 0.0584. The molecule has 108 valence electrons. The smallest absolute Gasteiger partial charge is 0.173 e. The van der Waals surface area contributed by atoms with Crippen LogP contribution in [-0.4, -0.2) is 16.5 Å². The number of hydrogen-bond acceptors (Lipinski definition) is 6. The highest BCUT2D eigenvalue weighted by Gasteiger charge is 2.17. The maximum Gasteiger partial charge on any atom is 0.173 e. The molecule has 1 aromatic heterocycles. The van der Waals surface area contributed by atoms with Gasteiger partial charge >= 0.3 is 0 Å². The lowest BCUT2D eigenvalue weighted by atomic mass is 10.1. The molecule has 0 aliphatic carbocycles. The van der Waals surface area contributed by atoms with Crippen molar-refractivity contribution in [3.63, 3.8) is 0 Å². The van der Waals surface area contributed by atoms with Crippen LogP contribution in [0.5, 0.6) is 0 Å². The fourth-order valence-corrected chi connectivity index (χ4v) is 2.86. The van der Waals surface area contributed by atoms with Crippen LogP contribution >= 0.6 is 11.8 Å². The Labute approximate surface area is 132 Å². The summed E-state index contributed by atoms with van der Waals surface area (Å²) in [5.74, 6) is 0.168. The monoisotopic (exact) mass is 308 g/mol. The van der Waals surface area contributed by atoms with Gasteiger partial charge in [0.25, 0.3) is 0 Å². The van der Waals surface area contributed by atoms with Crippen molar-refractivity contribution in [1.29, 1.82) is 10.5 Å². The van der Waals surface area contributed by atoms with Gasteiger partial charge in [0.1, 0.15) is 23.0 Å². The zero-order valence-corrected chi connectivity index (χ0v) is 12.6. The third-order valence-corrected chi connectivity index (χ3v) is 4.08. The van der Waals surface area contributed by atoms with Crippen LogP contribution < -0.4 is 5.73 Å². The number of carbonyl (C=O) groups excluding carboxylic acids is 1. The second kappa shape index (κ2) is 6.75. The molecule has 1 heterocycles. The normalized spacial score (nSPS) is 9.77. The number of nitriles is 2. The van der Waals surface area contributed by atoms with Gasteiger partial charge in [0, 0.05) is 5.56 Å². The number of nitrogens with zero attached hydrogens (tertiary/aromatic N) is 3. The average Bonchev–Trinajstić information content (AvgIpc) is 2.53. The number of rotatable bonds is 4. The number of pyridine rings is 1. The molecule has 0 amide bonds. The lowest BCUT2D eigenvalue weighted by Crippen LogP contribution is -2.06. The number of Topliss-reactive ketones (excluding diaryl/α,β-unsaturated/α-hetero) is 1. The summed E-state index contributed by atoms with van der Waals surface area (Å²) in [7, 11) is 0. The van der Waals surface area contributed by atoms with Crippen molar-refractivity contribution in [2.24, 2.45) is 0 Å². The van der Waals surface area contributed by atoms with E-state index in [2.05, 4.69) is 4.98 Å². The van der Waals surface area contributed by atoms with Crippen molar-refractivity contribution in [3.8, 4) is 12.1 Å². The first-order chi connectivity index (χ1) is 10.6. The lowest BCUT2D eigenvalue weighted by molar-refractivity contribution is 0.102. The zero-order chi connectivity index (χ0) is 16.1. The average molecular weight is 308 g/mol. The molecule has 1 aromatic carbocycles. The molecule has 6 heteroatoms. The fraction of sp³-hybridized carbons (Fsp3) is 0.125. The first kappa shape index (κ1) is 15.6. The van der Waals surface area contributed by atoms with Crippen LogP contribution in [0.1, 0.15) is 27.0 Å². The molecule has 0 bridgehead atoms. The third-order valence-electron chi connectivity index (χ3n) is 3.10. The minimum atomic E-state index is -0.0584. The summed E-state index contributed by atoms with van der Waals surface area (Å²) in [6.45, 7) is 1.65. The van der Waals surface area contributed by atoms with Crippen LogP contribution in [-0.2, 0) is 0 Å². The molecule has 0 atom stereocenters. The molecular weight excluding hydrogens is 296 g/mol. The van der Waals surface area contributed by atoms with Crippen molar-refractivity contribution in [2.45, 2.75) is 11.9 Å². The summed E-state index contributed by atoms with van der Waals surface area (Å²) in [5.41, 5.74) is 7.32. The second-order valence-corrected chi connectivity index (χ2v) is 5.44. The topological polar surface area (TPSA) is 104 Å². The minimum Gasteiger partial charge on any atom is -0.383 e. The summed E-state index contributed by atoms with van der Waals surface area (Å²) < 4.78 is 0. The Bertz CT molecular complexity index is 804. The molecule has 0 saturated carbocycles. The lowest BCUT2D eigenvalue weighted by Gasteiger charge is -2.09. The SMILES string of the molecule is Cc1c(C#N)c(N)nc(SCC(=O)c2ccccc2)c1C#N. The molecule has 0 fully saturated rings. The molecule has 22 heavy (non-hydrogen) atoms. The van der Waals surface area contributed by atoms with Crippen molar-refractivity contribution < 1.29 is 4.79 Å². The molecule has 0 aliphatic heterocycles. The van der Waals surface area contributed by atoms with E-state index in [1.807, 2.05) is 18.2 Å². The number of hydrogen-bond donors (Lipinski definition) is 1. The van der Waals surface area contributed by atoms with E-state index in [-0.39, 0.29) is 28.5 Å². The molecule has 2 N–H and O–H groups in total. The van der Waals surface area contributed by atoms with Crippen LogP contribution in [0.15, 0.2) is 35.4 Å². The molecule has 2 rings (SSSR count). The van der Waals surface area contributed by atoms with Gasteiger partial charge in [-0.1, -0.05) is 42.1 Å². The van der Waals surface area contributed by atoms with E-state index in [4.69, 9.17) is 11.0 Å². The van der Waals surface area contributed by atoms with Crippen molar-refractivity contribution in [1.82, 2.24) is 4.98 Å². The van der Waals surface area contributed by atoms with E-state index in [1.54, 1.807) is 31.2 Å². The van der Waals surface area contributed by atoms with Gasteiger partial charge in [-0.25, -0.2) is 4.98 Å². The summed E-state index contributed by atoms with van der Waals surface area (Å²) in [6, 6.07) is 12.9. The Morgan fingerprint density at radius 3 is 2.45 bits per heavy atom. The highest BCUT2D eigenvalue weighted by Crippen LogP contribution is 2.28. The molecular formula is C16H12N4OS. The van der Waals surface area contributed by atoms with Crippen LogP contribution in [0.25, 0.3) is 0 Å². The quantitative estimate of drug-likeness (QED) is 0.688. The Morgan fingerprint density at radius 1 is 1.23 bits per heavy atom. The van der Waals surface area contributed by atoms with Gasteiger partial charge in [0.2, 0.25) is 0 Å². The van der Waals surface area contributed by atoms with Gasteiger partial charge in [0.15, 0.2) is 5.78 Å². The summed E-state index contributed by atoms with van der Waals surface area (Å²) in [4.78, 5) is 16.2. The van der Waals surface area contributed by atoms with Crippen LogP contribution in [0.2, 0.25) is 0 Å². The Morgan fingerprint density at radius 2 is 1.86 bits per heavy atom. The van der Waals surface area contributed by atoms with E-state index in [9.17, 15) is 10.1 Å². The largest absolute Gasteiger partial charge is 0.383 e. The first-order valence-corrected chi connectivity index (χ1v) is 7.38. The summed E-state index contributed by atoms with van der Waals surface area (Å²) in [6.07, 6.45) is 0. The van der Waals surface area contributed by atoms with E-state index >= 15 is 0 Å².